The summed E-state index contributed by atoms with van der Waals surface area (Å²) in [6, 6.07) is -0.727. The maximum absolute atomic E-state index is 13.2. The highest BCUT2D eigenvalue weighted by molar-refractivity contribution is 5.82. The minimum atomic E-state index is -2.76. The molecule has 3 heterocycles. The van der Waals surface area contributed by atoms with E-state index in [4.69, 9.17) is 0 Å². The Bertz CT molecular complexity index is 537. The van der Waals surface area contributed by atoms with Crippen LogP contribution in [-0.2, 0) is 11.3 Å². The van der Waals surface area contributed by atoms with Gasteiger partial charge in [0.15, 0.2) is 0 Å². The van der Waals surface area contributed by atoms with Crippen molar-refractivity contribution < 1.29 is 13.6 Å². The first-order valence-electron chi connectivity index (χ1n) is 7.91. The van der Waals surface area contributed by atoms with Crippen LogP contribution < -0.4 is 5.32 Å². The van der Waals surface area contributed by atoms with Gasteiger partial charge in [-0.2, -0.15) is 5.10 Å². The van der Waals surface area contributed by atoms with Gasteiger partial charge in [0.25, 0.3) is 5.92 Å². The summed E-state index contributed by atoms with van der Waals surface area (Å²) < 4.78 is 28.3. The molecule has 1 N–H and O–H groups in total. The zero-order valence-electron chi connectivity index (χ0n) is 12.8. The largest absolute Gasteiger partial charge is 0.341 e. The Morgan fingerprint density at radius 1 is 1.45 bits per heavy atom. The number of halogens is 2. The monoisotopic (exact) mass is 312 g/mol. The van der Waals surface area contributed by atoms with E-state index in [0.29, 0.717) is 19.0 Å². The molecular formula is C15H22F2N4O. The second kappa shape index (κ2) is 5.95. The second-order valence-corrected chi connectivity index (χ2v) is 6.22. The molecule has 3 rings (SSSR count). The Labute approximate surface area is 128 Å². The van der Waals surface area contributed by atoms with Gasteiger partial charge in [-0.25, -0.2) is 8.78 Å². The average molecular weight is 312 g/mol. The van der Waals surface area contributed by atoms with Crippen LogP contribution in [0.1, 0.15) is 37.7 Å². The smallest absolute Gasteiger partial charge is 0.262 e. The Kier molecular flexibility index (Phi) is 4.16. The molecule has 1 aromatic rings. The predicted molar refractivity (Wildman–Crippen MR) is 77.8 cm³/mol. The zero-order chi connectivity index (χ0) is 15.7. The summed E-state index contributed by atoms with van der Waals surface area (Å²) in [5, 5.41) is 6.93. The Morgan fingerprint density at radius 2 is 2.18 bits per heavy atom. The first kappa shape index (κ1) is 15.4. The minimum absolute atomic E-state index is 0.181. The van der Waals surface area contributed by atoms with Crippen LogP contribution >= 0.6 is 0 Å². The van der Waals surface area contributed by atoms with Gasteiger partial charge in [-0.3, -0.25) is 14.8 Å². The van der Waals surface area contributed by atoms with Gasteiger partial charge < -0.3 is 4.90 Å². The molecule has 7 heteroatoms. The fourth-order valence-electron chi connectivity index (χ4n) is 3.31. The maximum Gasteiger partial charge on any atom is 0.262 e. The van der Waals surface area contributed by atoms with Gasteiger partial charge in [0.2, 0.25) is 5.91 Å². The lowest BCUT2D eigenvalue weighted by atomic mass is 9.91. The summed E-state index contributed by atoms with van der Waals surface area (Å²) in [4.78, 5) is 14.0. The molecule has 2 aliphatic heterocycles. The standard InChI is InChI=1S/C15H22F2N4O/c1-2-21-9-12(8-19-21)11-3-5-20(6-4-11)14(22)13-7-15(16,17)10-18-13/h8-9,11,13,18H,2-7,10H2,1H3. The molecule has 2 saturated heterocycles. The SMILES string of the molecule is CCn1cc(C2CCN(C(=O)C3CC(F)(F)CN3)CC2)cn1. The highest BCUT2D eigenvalue weighted by atomic mass is 19.3. The molecule has 0 saturated carbocycles. The summed E-state index contributed by atoms with van der Waals surface area (Å²) in [6.07, 6.45) is 5.30. The summed E-state index contributed by atoms with van der Waals surface area (Å²) in [6.45, 7) is 3.76. The molecule has 0 bridgehead atoms. The van der Waals surface area contributed by atoms with Gasteiger partial charge in [-0.1, -0.05) is 0 Å². The number of hydrogen-bond acceptors (Lipinski definition) is 3. The first-order chi connectivity index (χ1) is 10.5. The van der Waals surface area contributed by atoms with Crippen LogP contribution in [0.2, 0.25) is 0 Å². The molecular weight excluding hydrogens is 290 g/mol. The number of aryl methyl sites for hydroxylation is 1. The van der Waals surface area contributed by atoms with E-state index >= 15 is 0 Å². The van der Waals surface area contributed by atoms with Crippen LogP contribution in [0.5, 0.6) is 0 Å². The van der Waals surface area contributed by atoms with E-state index in [1.165, 1.54) is 5.56 Å². The van der Waals surface area contributed by atoms with Crippen molar-refractivity contribution in [2.45, 2.75) is 50.6 Å². The first-order valence-corrected chi connectivity index (χ1v) is 7.91. The molecule has 22 heavy (non-hydrogen) atoms. The van der Waals surface area contributed by atoms with Crippen molar-refractivity contribution in [2.24, 2.45) is 0 Å². The van der Waals surface area contributed by atoms with Crippen molar-refractivity contribution in [1.82, 2.24) is 20.0 Å². The number of rotatable bonds is 3. The molecule has 0 aromatic carbocycles. The number of hydrogen-bond donors (Lipinski definition) is 1. The van der Waals surface area contributed by atoms with E-state index in [2.05, 4.69) is 16.6 Å². The van der Waals surface area contributed by atoms with Crippen LogP contribution in [0.3, 0.4) is 0 Å². The third-order valence-electron chi connectivity index (χ3n) is 4.66. The van der Waals surface area contributed by atoms with E-state index < -0.39 is 18.5 Å². The van der Waals surface area contributed by atoms with E-state index in [9.17, 15) is 13.6 Å². The van der Waals surface area contributed by atoms with Gasteiger partial charge in [0, 0.05) is 32.3 Å². The zero-order valence-corrected chi connectivity index (χ0v) is 12.8. The van der Waals surface area contributed by atoms with Crippen molar-refractivity contribution >= 4 is 5.91 Å². The van der Waals surface area contributed by atoms with Crippen molar-refractivity contribution in [3.05, 3.63) is 18.0 Å². The third kappa shape index (κ3) is 3.14. The molecule has 122 valence electrons. The van der Waals surface area contributed by atoms with Gasteiger partial charge in [-0.15, -0.1) is 0 Å². The molecule has 0 spiro atoms. The number of piperidine rings is 1. The van der Waals surface area contributed by atoms with Crippen molar-refractivity contribution in [2.75, 3.05) is 19.6 Å². The van der Waals surface area contributed by atoms with E-state index in [1.807, 2.05) is 17.8 Å². The number of aromatic nitrogens is 2. The highest BCUT2D eigenvalue weighted by Gasteiger charge is 2.43. The number of alkyl halides is 2. The maximum atomic E-state index is 13.2. The molecule has 1 atom stereocenters. The quantitative estimate of drug-likeness (QED) is 0.922. The number of carbonyl (C=O) groups excluding carboxylic acids is 1. The Morgan fingerprint density at radius 3 is 2.73 bits per heavy atom. The van der Waals surface area contributed by atoms with E-state index in [1.54, 1.807) is 4.90 Å². The van der Waals surface area contributed by atoms with E-state index in [0.717, 1.165) is 19.4 Å². The number of amides is 1. The van der Waals surface area contributed by atoms with Gasteiger partial charge >= 0.3 is 0 Å². The fraction of sp³-hybridized carbons (Fsp3) is 0.733. The fourth-order valence-corrected chi connectivity index (χ4v) is 3.31. The number of likely N-dealkylation sites (tertiary alicyclic amines) is 1. The van der Waals surface area contributed by atoms with Crippen LogP contribution in [0.25, 0.3) is 0 Å². The minimum Gasteiger partial charge on any atom is -0.341 e. The van der Waals surface area contributed by atoms with Gasteiger partial charge in [-0.05, 0) is 31.2 Å². The highest BCUT2D eigenvalue weighted by Crippen LogP contribution is 2.30. The van der Waals surface area contributed by atoms with Gasteiger partial charge in [0.05, 0.1) is 18.8 Å². The van der Waals surface area contributed by atoms with Crippen LogP contribution in [0, 0.1) is 0 Å². The van der Waals surface area contributed by atoms with Crippen molar-refractivity contribution in [3.8, 4) is 0 Å². The summed E-state index contributed by atoms with van der Waals surface area (Å²) in [7, 11) is 0. The normalized spacial score (nSPS) is 25.6. The summed E-state index contributed by atoms with van der Waals surface area (Å²) in [5.74, 6) is -2.53. The van der Waals surface area contributed by atoms with Crippen LogP contribution in [0.4, 0.5) is 8.78 Å². The van der Waals surface area contributed by atoms with E-state index in [-0.39, 0.29) is 12.3 Å². The lowest BCUT2D eigenvalue weighted by Gasteiger charge is -2.33. The lowest BCUT2D eigenvalue weighted by Crippen LogP contribution is -2.46. The molecule has 0 radical (unpaired) electrons. The molecule has 2 fully saturated rings. The number of carbonyl (C=O) groups is 1. The third-order valence-corrected chi connectivity index (χ3v) is 4.66. The van der Waals surface area contributed by atoms with Crippen LogP contribution in [0.15, 0.2) is 12.4 Å². The lowest BCUT2D eigenvalue weighted by molar-refractivity contribution is -0.134. The van der Waals surface area contributed by atoms with Crippen LogP contribution in [-0.4, -0.2) is 52.2 Å². The predicted octanol–water partition coefficient (Wildman–Crippen LogP) is 1.61. The Hall–Kier alpha value is -1.50. The number of nitrogens with zero attached hydrogens (tertiary/aromatic N) is 3. The molecule has 0 aliphatic carbocycles. The van der Waals surface area contributed by atoms with Crippen molar-refractivity contribution in [1.29, 1.82) is 0 Å². The molecule has 1 aromatic heterocycles. The topological polar surface area (TPSA) is 50.2 Å². The molecule has 5 nitrogen and oxygen atoms in total. The summed E-state index contributed by atoms with van der Waals surface area (Å²) in [5.41, 5.74) is 1.21. The van der Waals surface area contributed by atoms with Crippen molar-refractivity contribution in [3.63, 3.8) is 0 Å². The average Bonchev–Trinajstić information content (AvgIpc) is 3.13. The Balaban J connectivity index is 1.54. The molecule has 1 unspecified atom stereocenters. The second-order valence-electron chi connectivity index (χ2n) is 6.22. The van der Waals surface area contributed by atoms with Gasteiger partial charge in [0.1, 0.15) is 0 Å². The summed E-state index contributed by atoms with van der Waals surface area (Å²) >= 11 is 0. The molecule has 2 aliphatic rings. The molecule has 1 amide bonds. The number of nitrogens with one attached hydrogen (secondary N) is 1.